The van der Waals surface area contributed by atoms with Crippen LogP contribution in [-0.4, -0.2) is 71.1 Å². The SMILES string of the molecule is CCN(CCCCN)c1ccc2c(c1)C(=C=O)NNC2=C=O.O=C(N[C@@H](CCCNCc1ccccn1)C(=O)O)c1ccc(CNCc2ccccn2)cc1. The number of amides is 1. The quantitative estimate of drug-likeness (QED) is 0.0545. The van der Waals surface area contributed by atoms with Crippen LogP contribution in [0, 0.1) is 0 Å². The highest BCUT2D eigenvalue weighted by atomic mass is 16.4. The summed E-state index contributed by atoms with van der Waals surface area (Å²) in [5.41, 5.74) is 17.1. The summed E-state index contributed by atoms with van der Waals surface area (Å²) < 4.78 is 0. The van der Waals surface area contributed by atoms with E-state index in [0.29, 0.717) is 62.3 Å². The number of hydrazine groups is 1. The molecule has 0 fully saturated rings. The molecular weight excluding hydrogens is 699 g/mol. The van der Waals surface area contributed by atoms with Crippen LogP contribution in [0.25, 0.3) is 11.4 Å². The zero-order chi connectivity index (χ0) is 39.3. The van der Waals surface area contributed by atoms with Gasteiger partial charge in [0.05, 0.1) is 11.4 Å². The fraction of sp³-hybridized carbons (Fsp3) is 0.317. The second-order valence-electron chi connectivity index (χ2n) is 12.6. The van der Waals surface area contributed by atoms with Gasteiger partial charge in [0.2, 0.25) is 0 Å². The summed E-state index contributed by atoms with van der Waals surface area (Å²) in [5, 5.41) is 18.6. The van der Waals surface area contributed by atoms with Crippen LogP contribution in [0.3, 0.4) is 0 Å². The molecule has 2 aromatic carbocycles. The number of pyridine rings is 2. The lowest BCUT2D eigenvalue weighted by molar-refractivity contribution is -0.139. The minimum absolute atomic E-state index is 0.284. The summed E-state index contributed by atoms with van der Waals surface area (Å²) >= 11 is 0. The van der Waals surface area contributed by atoms with Crippen LogP contribution in [0.2, 0.25) is 0 Å². The van der Waals surface area contributed by atoms with Crippen molar-refractivity contribution in [2.24, 2.45) is 5.73 Å². The maximum atomic E-state index is 12.5. The van der Waals surface area contributed by atoms with Crippen LogP contribution in [0.4, 0.5) is 5.69 Å². The van der Waals surface area contributed by atoms with Crippen LogP contribution in [0.5, 0.6) is 0 Å². The molecular formula is C41H49N9O5. The molecule has 1 aliphatic rings. The van der Waals surface area contributed by atoms with Crippen molar-refractivity contribution in [2.45, 2.75) is 58.3 Å². The van der Waals surface area contributed by atoms with Crippen LogP contribution < -0.4 is 37.4 Å². The van der Waals surface area contributed by atoms with Gasteiger partial charge < -0.3 is 31.7 Å². The monoisotopic (exact) mass is 747 g/mol. The number of unbranched alkanes of at least 4 members (excludes halogenated alkanes) is 1. The third-order valence-electron chi connectivity index (χ3n) is 8.75. The summed E-state index contributed by atoms with van der Waals surface area (Å²) in [6.45, 7) is 7.06. The fourth-order valence-electron chi connectivity index (χ4n) is 5.75. The molecule has 2 aromatic heterocycles. The molecule has 0 saturated heterocycles. The lowest BCUT2D eigenvalue weighted by Gasteiger charge is -2.26. The van der Waals surface area contributed by atoms with Gasteiger partial charge in [-0.2, -0.15) is 0 Å². The predicted molar refractivity (Wildman–Crippen MR) is 212 cm³/mol. The lowest BCUT2D eigenvalue weighted by Crippen LogP contribution is -2.41. The van der Waals surface area contributed by atoms with E-state index >= 15 is 0 Å². The molecule has 288 valence electrons. The summed E-state index contributed by atoms with van der Waals surface area (Å²) in [6.07, 6.45) is 6.43. The molecule has 0 radical (unpaired) electrons. The van der Waals surface area contributed by atoms with Crippen molar-refractivity contribution < 1.29 is 24.3 Å². The van der Waals surface area contributed by atoms with Crippen LogP contribution in [0.15, 0.2) is 91.3 Å². The molecule has 0 unspecified atom stereocenters. The predicted octanol–water partition coefficient (Wildman–Crippen LogP) is 3.22. The number of carbonyl (C=O) groups is 2. The van der Waals surface area contributed by atoms with Gasteiger partial charge in [0.25, 0.3) is 5.91 Å². The van der Waals surface area contributed by atoms with E-state index in [4.69, 9.17) is 5.73 Å². The Bertz CT molecular complexity index is 1910. The molecule has 0 spiro atoms. The number of carboxylic acid groups (broad SMARTS) is 1. The van der Waals surface area contributed by atoms with Gasteiger partial charge in [-0.05, 0) is 106 Å². The number of benzene rings is 2. The van der Waals surface area contributed by atoms with E-state index in [2.05, 4.69) is 48.6 Å². The average molecular weight is 748 g/mol. The molecule has 55 heavy (non-hydrogen) atoms. The van der Waals surface area contributed by atoms with Crippen molar-refractivity contribution >= 4 is 40.8 Å². The van der Waals surface area contributed by atoms with Gasteiger partial charge in [0.15, 0.2) is 11.9 Å². The van der Waals surface area contributed by atoms with E-state index < -0.39 is 17.9 Å². The summed E-state index contributed by atoms with van der Waals surface area (Å²) in [5.74, 6) is 2.26. The number of anilines is 1. The molecule has 4 aromatic rings. The van der Waals surface area contributed by atoms with E-state index in [9.17, 15) is 24.3 Å². The molecule has 3 heterocycles. The molecule has 0 saturated carbocycles. The van der Waals surface area contributed by atoms with E-state index in [1.807, 2.05) is 78.6 Å². The van der Waals surface area contributed by atoms with Gasteiger partial charge in [-0.25, -0.2) is 14.4 Å². The third kappa shape index (κ3) is 13.3. The largest absolute Gasteiger partial charge is 0.480 e. The number of hydrogen-bond donors (Lipinski definition) is 7. The van der Waals surface area contributed by atoms with Gasteiger partial charge in [0.1, 0.15) is 17.4 Å². The van der Waals surface area contributed by atoms with Gasteiger partial charge in [-0.15, -0.1) is 0 Å². The number of nitrogens with two attached hydrogens (primary N) is 1. The Morgan fingerprint density at radius 2 is 1.47 bits per heavy atom. The maximum Gasteiger partial charge on any atom is 0.326 e. The zero-order valence-electron chi connectivity index (χ0n) is 31.0. The molecule has 14 nitrogen and oxygen atoms in total. The van der Waals surface area contributed by atoms with E-state index in [1.165, 1.54) is 0 Å². The third-order valence-corrected chi connectivity index (χ3v) is 8.75. The Morgan fingerprint density at radius 1 is 0.818 bits per heavy atom. The zero-order valence-corrected chi connectivity index (χ0v) is 31.0. The molecule has 5 rings (SSSR count). The van der Waals surface area contributed by atoms with E-state index in [0.717, 1.165) is 48.6 Å². The maximum absolute atomic E-state index is 12.5. The van der Waals surface area contributed by atoms with Crippen molar-refractivity contribution in [3.63, 3.8) is 0 Å². The summed E-state index contributed by atoms with van der Waals surface area (Å²) in [4.78, 5) is 56.9. The first kappa shape index (κ1) is 41.6. The van der Waals surface area contributed by atoms with Crippen molar-refractivity contribution in [3.05, 3.63) is 125 Å². The van der Waals surface area contributed by atoms with Crippen LogP contribution in [0.1, 0.15) is 71.0 Å². The Balaban J connectivity index is 0.000000265. The number of carbonyl (C=O) groups excluding carboxylic acids is 3. The minimum Gasteiger partial charge on any atom is -0.480 e. The van der Waals surface area contributed by atoms with Crippen molar-refractivity contribution in [1.29, 1.82) is 0 Å². The topological polar surface area (TPSA) is 204 Å². The lowest BCUT2D eigenvalue weighted by atomic mass is 10.00. The molecule has 1 amide bonds. The average Bonchev–Trinajstić information content (AvgIpc) is 3.22. The number of rotatable bonds is 19. The number of carboxylic acids is 1. The Kier molecular flexibility index (Phi) is 17.3. The Labute approximate surface area is 321 Å². The van der Waals surface area contributed by atoms with Crippen molar-refractivity contribution in [1.82, 2.24) is 36.8 Å². The highest BCUT2D eigenvalue weighted by Gasteiger charge is 2.22. The second kappa shape index (κ2) is 22.8. The van der Waals surface area contributed by atoms with Crippen LogP contribution in [-0.2, 0) is 34.0 Å². The standard InChI is InChI=1S/C25H29N5O3.C16H20N4O2/c31-24(20-11-9-19(10-12-20)16-27-18-22-7-2-4-15-29-22)30-23(25(32)33)8-5-13-26-17-21-6-1-3-14-28-21;1-2-20(8-4-3-7-17)12-5-6-13-14(9-12)16(11-22)19-18-15(13)10-21/h1-4,6-7,9-12,14-15,23,26-27H,5,8,13,16-18H2,(H,30,31)(H,32,33);5-6,9,18-19H,2-4,7-8,17H2,1H3/t23-;/m0./s1. The van der Waals surface area contributed by atoms with Gasteiger partial charge in [-0.3, -0.25) is 25.6 Å². The number of aromatic nitrogens is 2. The minimum atomic E-state index is -1.04. The summed E-state index contributed by atoms with van der Waals surface area (Å²) in [6, 6.07) is 23.3. The summed E-state index contributed by atoms with van der Waals surface area (Å²) in [7, 11) is 0. The molecule has 1 atom stereocenters. The number of nitrogens with zero attached hydrogens (tertiary/aromatic N) is 3. The molecule has 14 heteroatoms. The van der Waals surface area contributed by atoms with Crippen molar-refractivity contribution in [3.8, 4) is 0 Å². The van der Waals surface area contributed by atoms with E-state index in [-0.39, 0.29) is 11.4 Å². The van der Waals surface area contributed by atoms with Gasteiger partial charge in [0, 0.05) is 67.5 Å². The van der Waals surface area contributed by atoms with Crippen molar-refractivity contribution in [2.75, 3.05) is 31.1 Å². The first-order valence-corrected chi connectivity index (χ1v) is 18.3. The highest BCUT2D eigenvalue weighted by molar-refractivity contribution is 5.99. The normalized spacial score (nSPS) is 12.0. The fourth-order valence-corrected chi connectivity index (χ4v) is 5.75. The number of aliphatic carboxylic acids is 1. The van der Waals surface area contributed by atoms with Crippen LogP contribution >= 0.6 is 0 Å². The number of hydrogen-bond acceptors (Lipinski definition) is 12. The molecule has 0 bridgehead atoms. The molecule has 0 aliphatic carbocycles. The van der Waals surface area contributed by atoms with Gasteiger partial charge >= 0.3 is 5.97 Å². The second-order valence-corrected chi connectivity index (χ2v) is 12.6. The highest BCUT2D eigenvalue weighted by Crippen LogP contribution is 2.28. The number of nitrogens with one attached hydrogen (secondary N) is 5. The number of fused-ring (bicyclic) bond motifs is 1. The first-order chi connectivity index (χ1) is 26.9. The first-order valence-electron chi connectivity index (χ1n) is 18.3. The molecule has 8 N–H and O–H groups in total. The Hall–Kier alpha value is -6.14. The van der Waals surface area contributed by atoms with Gasteiger partial charge in [-0.1, -0.05) is 24.3 Å². The van der Waals surface area contributed by atoms with E-state index in [1.54, 1.807) is 24.5 Å². The molecule has 1 aliphatic heterocycles. The smallest absolute Gasteiger partial charge is 0.326 e. The Morgan fingerprint density at radius 3 is 2.05 bits per heavy atom.